The van der Waals surface area contributed by atoms with Crippen molar-refractivity contribution in [3.63, 3.8) is 0 Å². The Morgan fingerprint density at radius 3 is 2.86 bits per heavy atom. The number of hydrogen-bond acceptors (Lipinski definition) is 2. The Bertz CT molecular complexity index is 560. The van der Waals surface area contributed by atoms with E-state index < -0.39 is 0 Å². The van der Waals surface area contributed by atoms with Gasteiger partial charge in [0.1, 0.15) is 0 Å². The molecule has 0 radical (unpaired) electrons. The lowest BCUT2D eigenvalue weighted by Gasteiger charge is -1.88. The minimum absolute atomic E-state index is 0.999. The summed E-state index contributed by atoms with van der Waals surface area (Å²) in [5.41, 5.74) is 3.09. The number of benzene rings is 1. The summed E-state index contributed by atoms with van der Waals surface area (Å²) >= 11 is 0. The largest absolute Gasteiger partial charge is 0.256 e. The van der Waals surface area contributed by atoms with Crippen LogP contribution in [0.2, 0.25) is 0 Å². The van der Waals surface area contributed by atoms with E-state index in [1.165, 1.54) is 0 Å². The van der Waals surface area contributed by atoms with Crippen molar-refractivity contribution in [3.8, 4) is 11.3 Å². The lowest BCUT2D eigenvalue weighted by atomic mass is 10.2. The lowest BCUT2D eigenvalue weighted by Crippen LogP contribution is -1.68. The van der Waals surface area contributed by atoms with E-state index in [4.69, 9.17) is 0 Å². The van der Waals surface area contributed by atoms with Gasteiger partial charge in [-0.3, -0.25) is 9.97 Å². The average Bonchev–Trinajstić information content (AvgIpc) is 2.58. The summed E-state index contributed by atoms with van der Waals surface area (Å²) in [7, 11) is 0. The van der Waals surface area contributed by atoms with Crippen molar-refractivity contribution in [3.05, 3.63) is 48.8 Å². The molecule has 0 unspecified atom stereocenters. The summed E-state index contributed by atoms with van der Waals surface area (Å²) in [5, 5.41) is 1.13. The van der Waals surface area contributed by atoms with Gasteiger partial charge >= 0.3 is 0 Å². The standard InChI is InChI=1S/C12H8N2/c1-2-4-11-9(3-1)7-12-10(8-14-11)5-6-13-12/h1-8H. The maximum atomic E-state index is 4.40. The van der Waals surface area contributed by atoms with Gasteiger partial charge in [0.05, 0.1) is 11.2 Å². The first-order valence-corrected chi connectivity index (χ1v) is 4.53. The third kappa shape index (κ3) is 1.04. The molecule has 0 atom stereocenters. The van der Waals surface area contributed by atoms with Crippen LogP contribution in [-0.2, 0) is 0 Å². The lowest BCUT2D eigenvalue weighted by molar-refractivity contribution is 1.41. The van der Waals surface area contributed by atoms with E-state index in [0.29, 0.717) is 0 Å². The van der Waals surface area contributed by atoms with Crippen molar-refractivity contribution in [1.29, 1.82) is 0 Å². The predicted molar refractivity (Wildman–Crippen MR) is 56.2 cm³/mol. The van der Waals surface area contributed by atoms with Gasteiger partial charge in [0.2, 0.25) is 0 Å². The van der Waals surface area contributed by atoms with Crippen LogP contribution in [0.1, 0.15) is 0 Å². The highest BCUT2D eigenvalue weighted by molar-refractivity contribution is 5.82. The van der Waals surface area contributed by atoms with E-state index in [1.54, 1.807) is 6.20 Å². The van der Waals surface area contributed by atoms with Gasteiger partial charge in [0.25, 0.3) is 0 Å². The molecule has 1 aromatic rings. The van der Waals surface area contributed by atoms with Gasteiger partial charge in [-0.25, -0.2) is 0 Å². The molecule has 14 heavy (non-hydrogen) atoms. The molecule has 0 fully saturated rings. The number of hydrogen-bond donors (Lipinski definition) is 0. The molecule has 66 valence electrons. The zero-order valence-electron chi connectivity index (χ0n) is 7.51. The maximum Gasteiger partial charge on any atom is 0.0724 e. The summed E-state index contributed by atoms with van der Waals surface area (Å²) < 4.78 is 0. The van der Waals surface area contributed by atoms with Gasteiger partial charge in [-0.05, 0) is 18.2 Å². The predicted octanol–water partition coefficient (Wildman–Crippen LogP) is 2.73. The molecule has 0 spiro atoms. The second-order valence-electron chi connectivity index (χ2n) is 3.25. The van der Waals surface area contributed by atoms with Crippen LogP contribution in [-0.4, -0.2) is 9.97 Å². The van der Waals surface area contributed by atoms with E-state index in [9.17, 15) is 0 Å². The Morgan fingerprint density at radius 1 is 0.929 bits per heavy atom. The third-order valence-corrected chi connectivity index (χ3v) is 2.34. The van der Waals surface area contributed by atoms with Crippen LogP contribution in [0.3, 0.4) is 0 Å². The monoisotopic (exact) mass is 180 g/mol. The van der Waals surface area contributed by atoms with E-state index >= 15 is 0 Å². The number of rotatable bonds is 0. The molecule has 0 saturated carbocycles. The summed E-state index contributed by atoms with van der Waals surface area (Å²) in [6, 6.07) is 12.1. The van der Waals surface area contributed by atoms with Crippen LogP contribution < -0.4 is 0 Å². The highest BCUT2D eigenvalue weighted by Gasteiger charge is 2.02. The molecular formula is C12H8N2. The van der Waals surface area contributed by atoms with Crippen LogP contribution in [0.25, 0.3) is 22.2 Å². The quantitative estimate of drug-likeness (QED) is 0.531. The summed E-state index contributed by atoms with van der Waals surface area (Å²) in [6.45, 7) is 0. The zero-order valence-corrected chi connectivity index (χ0v) is 7.51. The van der Waals surface area contributed by atoms with E-state index in [0.717, 1.165) is 22.2 Å². The van der Waals surface area contributed by atoms with Crippen molar-refractivity contribution in [2.45, 2.75) is 0 Å². The van der Waals surface area contributed by atoms with Gasteiger partial charge in [0, 0.05) is 23.3 Å². The highest BCUT2D eigenvalue weighted by atomic mass is 14.7. The molecule has 2 heteroatoms. The molecule has 2 heterocycles. The molecule has 0 N–H and O–H groups in total. The van der Waals surface area contributed by atoms with Crippen molar-refractivity contribution >= 4 is 10.9 Å². The average molecular weight is 180 g/mol. The number of fused-ring (bicyclic) bond motifs is 2. The topological polar surface area (TPSA) is 25.8 Å². The number of aromatic nitrogens is 2. The van der Waals surface area contributed by atoms with E-state index in [2.05, 4.69) is 22.1 Å². The van der Waals surface area contributed by atoms with Gasteiger partial charge in [-0.15, -0.1) is 0 Å². The number of nitrogens with zero attached hydrogens (tertiary/aromatic N) is 2. The zero-order chi connectivity index (χ0) is 9.38. The van der Waals surface area contributed by atoms with Crippen LogP contribution in [0.15, 0.2) is 48.8 Å². The molecule has 2 nitrogen and oxygen atoms in total. The Morgan fingerprint density at radius 2 is 1.86 bits per heavy atom. The minimum atomic E-state index is 0.999. The first kappa shape index (κ1) is 7.44. The van der Waals surface area contributed by atoms with E-state index in [1.807, 2.05) is 30.5 Å². The highest BCUT2D eigenvalue weighted by Crippen LogP contribution is 2.21. The Kier molecular flexibility index (Phi) is 1.47. The summed E-state index contributed by atoms with van der Waals surface area (Å²) in [5.74, 6) is 0. The fourth-order valence-corrected chi connectivity index (χ4v) is 1.60. The summed E-state index contributed by atoms with van der Waals surface area (Å²) in [6.07, 6.45) is 3.67. The molecule has 0 aliphatic carbocycles. The van der Waals surface area contributed by atoms with Crippen molar-refractivity contribution in [2.24, 2.45) is 0 Å². The van der Waals surface area contributed by atoms with Crippen molar-refractivity contribution < 1.29 is 0 Å². The normalized spacial score (nSPS) is 10.9. The molecule has 0 bridgehead atoms. The second-order valence-corrected chi connectivity index (χ2v) is 3.25. The molecule has 0 aromatic heterocycles. The van der Waals surface area contributed by atoms with Crippen LogP contribution in [0.4, 0.5) is 0 Å². The molecule has 3 rings (SSSR count). The van der Waals surface area contributed by atoms with Crippen LogP contribution in [0.5, 0.6) is 0 Å². The molecule has 2 aliphatic rings. The van der Waals surface area contributed by atoms with Crippen LogP contribution >= 0.6 is 0 Å². The smallest absolute Gasteiger partial charge is 0.0724 e. The molecule has 0 amide bonds. The first-order valence-electron chi connectivity index (χ1n) is 4.53. The van der Waals surface area contributed by atoms with Gasteiger partial charge in [0.15, 0.2) is 0 Å². The Labute approximate surface area is 81.6 Å². The Hall–Kier alpha value is -1.96. The fraction of sp³-hybridized carbons (Fsp3) is 0. The Balaban J connectivity index is 2.48. The third-order valence-electron chi connectivity index (χ3n) is 2.34. The fourth-order valence-electron chi connectivity index (χ4n) is 1.60. The minimum Gasteiger partial charge on any atom is -0.256 e. The summed E-state index contributed by atoms with van der Waals surface area (Å²) in [4.78, 5) is 8.67. The van der Waals surface area contributed by atoms with Gasteiger partial charge < -0.3 is 0 Å². The molecule has 2 aliphatic heterocycles. The van der Waals surface area contributed by atoms with Crippen LogP contribution in [0, 0.1) is 0 Å². The second kappa shape index (κ2) is 2.77. The SMILES string of the molecule is c1ccc2ncc3ccnc-3cc2c1. The van der Waals surface area contributed by atoms with Gasteiger partial charge in [-0.2, -0.15) is 0 Å². The molecular weight excluding hydrogens is 172 g/mol. The van der Waals surface area contributed by atoms with E-state index in [-0.39, 0.29) is 0 Å². The molecule has 1 aromatic carbocycles. The first-order chi connectivity index (χ1) is 6.93. The van der Waals surface area contributed by atoms with Crippen molar-refractivity contribution in [1.82, 2.24) is 9.97 Å². The molecule has 0 saturated heterocycles. The number of para-hydroxylation sites is 1. The maximum absolute atomic E-state index is 4.40. The van der Waals surface area contributed by atoms with Crippen molar-refractivity contribution in [2.75, 3.05) is 0 Å². The van der Waals surface area contributed by atoms with Gasteiger partial charge in [-0.1, -0.05) is 18.2 Å².